The first-order chi connectivity index (χ1) is 7.15. The number of carboxylic acids is 1. The molecule has 1 aliphatic carbocycles. The van der Waals surface area contributed by atoms with E-state index in [9.17, 15) is 9.59 Å². The summed E-state index contributed by atoms with van der Waals surface area (Å²) in [5.41, 5.74) is 0.441. The summed E-state index contributed by atoms with van der Waals surface area (Å²) in [5, 5.41) is 8.84. The molecule has 1 saturated carbocycles. The van der Waals surface area contributed by atoms with Gasteiger partial charge in [-0.1, -0.05) is 6.92 Å². The number of aromatic carboxylic acids is 1. The van der Waals surface area contributed by atoms with Gasteiger partial charge in [0, 0.05) is 11.7 Å². The first-order valence-corrected chi connectivity index (χ1v) is 5.13. The minimum absolute atomic E-state index is 0.126. The Morgan fingerprint density at radius 2 is 2.20 bits per heavy atom. The summed E-state index contributed by atoms with van der Waals surface area (Å²) in [6.07, 6.45) is 2.72. The number of hydrogen-bond acceptors (Lipinski definition) is 2. The van der Waals surface area contributed by atoms with Crippen molar-refractivity contribution in [1.29, 1.82) is 0 Å². The zero-order valence-electron chi connectivity index (χ0n) is 8.56. The molecular weight excluding hydrogens is 194 g/mol. The topological polar surface area (TPSA) is 59.3 Å². The van der Waals surface area contributed by atoms with E-state index in [4.69, 9.17) is 5.11 Å². The monoisotopic (exact) mass is 207 g/mol. The summed E-state index contributed by atoms with van der Waals surface area (Å²) in [6.45, 7) is 1.97. The lowest BCUT2D eigenvalue weighted by Crippen LogP contribution is -2.27. The maximum Gasteiger partial charge on any atom is 0.341 e. The molecule has 4 heteroatoms. The second-order valence-electron chi connectivity index (χ2n) is 3.80. The first-order valence-electron chi connectivity index (χ1n) is 5.13. The Balaban J connectivity index is 2.61. The quantitative estimate of drug-likeness (QED) is 0.815. The molecule has 80 valence electrons. The number of carbonyl (C=O) groups is 1. The first kappa shape index (κ1) is 9.96. The Hall–Kier alpha value is -1.58. The van der Waals surface area contributed by atoms with E-state index < -0.39 is 5.97 Å². The molecule has 1 aromatic rings. The van der Waals surface area contributed by atoms with Crippen molar-refractivity contribution in [2.45, 2.75) is 32.2 Å². The third-order valence-electron chi connectivity index (χ3n) is 2.71. The summed E-state index contributed by atoms with van der Waals surface area (Å²) < 4.78 is 1.64. The highest BCUT2D eigenvalue weighted by molar-refractivity contribution is 5.87. The van der Waals surface area contributed by atoms with Crippen molar-refractivity contribution in [3.05, 3.63) is 33.7 Å². The largest absolute Gasteiger partial charge is 0.477 e. The molecule has 15 heavy (non-hydrogen) atoms. The lowest BCUT2D eigenvalue weighted by molar-refractivity contribution is 0.0694. The maximum atomic E-state index is 11.9. The molecule has 0 aliphatic heterocycles. The van der Waals surface area contributed by atoms with E-state index in [1.54, 1.807) is 10.6 Å². The van der Waals surface area contributed by atoms with E-state index in [1.807, 2.05) is 6.92 Å². The third kappa shape index (κ3) is 1.67. The number of carboxylic acid groups (broad SMARTS) is 1. The molecule has 4 nitrogen and oxygen atoms in total. The highest BCUT2D eigenvalue weighted by Crippen LogP contribution is 2.34. The van der Waals surface area contributed by atoms with Gasteiger partial charge in [0.15, 0.2) is 0 Å². The van der Waals surface area contributed by atoms with Crippen molar-refractivity contribution in [1.82, 2.24) is 4.57 Å². The molecule has 1 fully saturated rings. The molecule has 2 rings (SSSR count). The summed E-state index contributed by atoms with van der Waals surface area (Å²) in [6, 6.07) is 3.37. The molecule has 0 amide bonds. The van der Waals surface area contributed by atoms with Gasteiger partial charge in [0.25, 0.3) is 5.56 Å². The van der Waals surface area contributed by atoms with E-state index in [-0.39, 0.29) is 17.2 Å². The van der Waals surface area contributed by atoms with E-state index in [2.05, 4.69) is 0 Å². The number of pyridine rings is 1. The van der Waals surface area contributed by atoms with Crippen LogP contribution in [0.5, 0.6) is 0 Å². The van der Waals surface area contributed by atoms with Crippen LogP contribution in [0, 0.1) is 0 Å². The van der Waals surface area contributed by atoms with Crippen molar-refractivity contribution >= 4 is 5.97 Å². The standard InChI is InChI=1S/C11H13NO3/c1-2-7-5-6-9(11(14)15)10(13)12(7)8-3-4-8/h5-6,8H,2-4H2,1H3,(H,14,15). The minimum Gasteiger partial charge on any atom is -0.477 e. The smallest absolute Gasteiger partial charge is 0.341 e. The van der Waals surface area contributed by atoms with Gasteiger partial charge in [-0.15, -0.1) is 0 Å². The van der Waals surface area contributed by atoms with Crippen molar-refractivity contribution < 1.29 is 9.90 Å². The van der Waals surface area contributed by atoms with Gasteiger partial charge in [0.1, 0.15) is 5.56 Å². The van der Waals surface area contributed by atoms with Crippen LogP contribution in [0.4, 0.5) is 0 Å². The Morgan fingerprint density at radius 1 is 1.53 bits per heavy atom. The normalized spacial score (nSPS) is 15.3. The summed E-state index contributed by atoms with van der Waals surface area (Å²) in [4.78, 5) is 22.7. The van der Waals surface area contributed by atoms with Crippen molar-refractivity contribution in [3.63, 3.8) is 0 Å². The van der Waals surface area contributed by atoms with Gasteiger partial charge >= 0.3 is 5.97 Å². The minimum atomic E-state index is -1.14. The second kappa shape index (κ2) is 3.53. The summed E-state index contributed by atoms with van der Waals surface area (Å²) in [5.74, 6) is -1.14. The molecule has 1 aromatic heterocycles. The van der Waals surface area contributed by atoms with Gasteiger partial charge in [-0.05, 0) is 31.4 Å². The van der Waals surface area contributed by atoms with Crippen LogP contribution in [0.2, 0.25) is 0 Å². The highest BCUT2D eigenvalue weighted by atomic mass is 16.4. The number of nitrogens with zero attached hydrogens (tertiary/aromatic N) is 1. The average molecular weight is 207 g/mol. The van der Waals surface area contributed by atoms with Crippen molar-refractivity contribution in [3.8, 4) is 0 Å². The van der Waals surface area contributed by atoms with E-state index in [0.717, 1.165) is 25.0 Å². The van der Waals surface area contributed by atoms with Crippen LogP contribution >= 0.6 is 0 Å². The third-order valence-corrected chi connectivity index (χ3v) is 2.71. The molecule has 0 saturated heterocycles. The predicted molar refractivity (Wildman–Crippen MR) is 55.3 cm³/mol. The van der Waals surface area contributed by atoms with Crippen LogP contribution in [0.1, 0.15) is 41.9 Å². The molecule has 1 aliphatic rings. The van der Waals surface area contributed by atoms with E-state index >= 15 is 0 Å². The van der Waals surface area contributed by atoms with Crippen LogP contribution in [0.25, 0.3) is 0 Å². The predicted octanol–water partition coefficient (Wildman–Crippen LogP) is 1.44. The fourth-order valence-electron chi connectivity index (χ4n) is 1.78. The van der Waals surface area contributed by atoms with Gasteiger partial charge in [0.2, 0.25) is 0 Å². The zero-order chi connectivity index (χ0) is 11.0. The number of rotatable bonds is 3. The van der Waals surface area contributed by atoms with E-state index in [1.165, 1.54) is 6.07 Å². The van der Waals surface area contributed by atoms with Gasteiger partial charge in [-0.3, -0.25) is 4.79 Å². The fourth-order valence-corrected chi connectivity index (χ4v) is 1.78. The van der Waals surface area contributed by atoms with Gasteiger partial charge in [-0.2, -0.15) is 0 Å². The Labute approximate surface area is 87.2 Å². The molecule has 0 atom stereocenters. The van der Waals surface area contributed by atoms with E-state index in [0.29, 0.717) is 0 Å². The van der Waals surface area contributed by atoms with Crippen LogP contribution in [0.3, 0.4) is 0 Å². The fraction of sp³-hybridized carbons (Fsp3) is 0.455. The summed E-state index contributed by atoms with van der Waals surface area (Å²) >= 11 is 0. The molecule has 0 unspecified atom stereocenters. The van der Waals surface area contributed by atoms with Crippen LogP contribution < -0.4 is 5.56 Å². The Kier molecular flexibility index (Phi) is 2.34. The Morgan fingerprint density at radius 3 is 2.67 bits per heavy atom. The maximum absolute atomic E-state index is 11.9. The molecule has 1 N–H and O–H groups in total. The molecule has 1 heterocycles. The molecule has 0 radical (unpaired) electrons. The van der Waals surface area contributed by atoms with Crippen LogP contribution in [0.15, 0.2) is 16.9 Å². The average Bonchev–Trinajstić information content (AvgIpc) is 3.00. The van der Waals surface area contributed by atoms with Crippen molar-refractivity contribution in [2.24, 2.45) is 0 Å². The lowest BCUT2D eigenvalue weighted by Gasteiger charge is -2.10. The molecule has 0 spiro atoms. The molecule has 0 bridgehead atoms. The SMILES string of the molecule is CCc1ccc(C(=O)O)c(=O)n1C1CC1. The molecular formula is C11H13NO3. The number of aromatic nitrogens is 1. The highest BCUT2D eigenvalue weighted by Gasteiger charge is 2.27. The van der Waals surface area contributed by atoms with Crippen LogP contribution in [-0.4, -0.2) is 15.6 Å². The molecule has 0 aromatic carbocycles. The number of hydrogen-bond donors (Lipinski definition) is 1. The van der Waals surface area contributed by atoms with Crippen molar-refractivity contribution in [2.75, 3.05) is 0 Å². The number of aryl methyl sites for hydroxylation is 1. The zero-order valence-corrected chi connectivity index (χ0v) is 8.56. The van der Waals surface area contributed by atoms with Gasteiger partial charge < -0.3 is 9.67 Å². The second-order valence-corrected chi connectivity index (χ2v) is 3.80. The lowest BCUT2D eigenvalue weighted by atomic mass is 10.2. The van der Waals surface area contributed by atoms with Gasteiger partial charge in [0.05, 0.1) is 0 Å². The van der Waals surface area contributed by atoms with Gasteiger partial charge in [-0.25, -0.2) is 4.79 Å². The van der Waals surface area contributed by atoms with Crippen LogP contribution in [-0.2, 0) is 6.42 Å². The summed E-state index contributed by atoms with van der Waals surface area (Å²) in [7, 11) is 0. The Bertz CT molecular complexity index is 457.